The van der Waals surface area contributed by atoms with Gasteiger partial charge in [0.05, 0.1) is 0 Å². The van der Waals surface area contributed by atoms with Crippen LogP contribution in [0, 0.1) is 11.8 Å². The number of amides is 1. The van der Waals surface area contributed by atoms with Crippen molar-refractivity contribution in [2.75, 3.05) is 13.1 Å². The zero-order valence-corrected chi connectivity index (χ0v) is 10.4. The van der Waals surface area contributed by atoms with Crippen molar-refractivity contribution in [1.29, 1.82) is 0 Å². The lowest BCUT2D eigenvalue weighted by Gasteiger charge is -2.16. The lowest BCUT2D eigenvalue weighted by molar-refractivity contribution is 0.0775. The molecule has 1 aliphatic heterocycles. The average Bonchev–Trinajstić information content (AvgIpc) is 2.88. The van der Waals surface area contributed by atoms with Crippen molar-refractivity contribution >= 4 is 17.5 Å². The smallest absolute Gasteiger partial charge is 0.272 e. The molecule has 2 atom stereocenters. The summed E-state index contributed by atoms with van der Waals surface area (Å²) in [6.07, 6.45) is 3.88. The molecule has 2 unspecified atom stereocenters. The summed E-state index contributed by atoms with van der Waals surface area (Å²) in [6, 6.07) is 5.21. The number of fused-ring (bicyclic) bond motifs is 1. The molecule has 1 saturated heterocycles. The molecular formula is C13H15ClN2O. The maximum absolute atomic E-state index is 12.2. The Bertz CT molecular complexity index is 437. The molecule has 0 radical (unpaired) electrons. The Labute approximate surface area is 106 Å². The van der Waals surface area contributed by atoms with Crippen LogP contribution < -0.4 is 0 Å². The van der Waals surface area contributed by atoms with Crippen molar-refractivity contribution in [1.82, 2.24) is 9.88 Å². The fourth-order valence-corrected chi connectivity index (χ4v) is 3.25. The lowest BCUT2D eigenvalue weighted by Crippen LogP contribution is -2.30. The highest BCUT2D eigenvalue weighted by Gasteiger charge is 2.38. The van der Waals surface area contributed by atoms with Crippen LogP contribution in [0.3, 0.4) is 0 Å². The molecule has 2 fully saturated rings. The van der Waals surface area contributed by atoms with Crippen LogP contribution in [0.5, 0.6) is 0 Å². The second kappa shape index (κ2) is 4.30. The van der Waals surface area contributed by atoms with E-state index in [4.69, 9.17) is 11.6 Å². The van der Waals surface area contributed by atoms with E-state index in [-0.39, 0.29) is 5.91 Å². The summed E-state index contributed by atoms with van der Waals surface area (Å²) in [5.41, 5.74) is 0.470. The van der Waals surface area contributed by atoms with Crippen LogP contribution in [0.1, 0.15) is 29.8 Å². The molecular weight excluding hydrogens is 236 g/mol. The molecule has 90 valence electrons. The molecule has 3 rings (SSSR count). The van der Waals surface area contributed by atoms with Crippen LogP contribution in [-0.4, -0.2) is 28.9 Å². The second-order valence-electron chi connectivity index (χ2n) is 5.01. The zero-order chi connectivity index (χ0) is 11.8. The molecule has 0 bridgehead atoms. The van der Waals surface area contributed by atoms with E-state index in [0.29, 0.717) is 10.8 Å². The van der Waals surface area contributed by atoms with Crippen molar-refractivity contribution in [2.45, 2.75) is 19.3 Å². The van der Waals surface area contributed by atoms with Gasteiger partial charge in [-0.3, -0.25) is 4.79 Å². The van der Waals surface area contributed by atoms with E-state index in [1.807, 2.05) is 4.90 Å². The standard InChI is InChI=1S/C13H15ClN2O/c14-12-6-2-5-11(15-12)13(17)16-7-9-3-1-4-10(9)8-16/h2,5-6,9-10H,1,3-4,7-8H2. The Balaban J connectivity index is 1.75. The fourth-order valence-electron chi connectivity index (χ4n) is 3.09. The monoisotopic (exact) mass is 250 g/mol. The second-order valence-corrected chi connectivity index (χ2v) is 5.39. The number of carbonyl (C=O) groups is 1. The third kappa shape index (κ3) is 2.04. The molecule has 1 saturated carbocycles. The van der Waals surface area contributed by atoms with Gasteiger partial charge in [0.1, 0.15) is 10.8 Å². The number of carbonyl (C=O) groups excluding carboxylic acids is 1. The van der Waals surface area contributed by atoms with Crippen molar-refractivity contribution in [3.8, 4) is 0 Å². The van der Waals surface area contributed by atoms with Crippen LogP contribution >= 0.6 is 11.6 Å². The Hall–Kier alpha value is -1.09. The van der Waals surface area contributed by atoms with Gasteiger partial charge in [-0.05, 0) is 36.8 Å². The van der Waals surface area contributed by atoms with Gasteiger partial charge in [-0.2, -0.15) is 0 Å². The first-order valence-electron chi connectivity index (χ1n) is 6.16. The van der Waals surface area contributed by atoms with E-state index in [1.54, 1.807) is 18.2 Å². The molecule has 2 aliphatic rings. The SMILES string of the molecule is O=C(c1cccc(Cl)n1)N1CC2CCCC2C1. The van der Waals surface area contributed by atoms with Crippen LogP contribution in [0.2, 0.25) is 5.15 Å². The zero-order valence-electron chi connectivity index (χ0n) is 9.60. The predicted octanol–water partition coefficient (Wildman–Crippen LogP) is 2.61. The van der Waals surface area contributed by atoms with E-state index in [1.165, 1.54) is 19.3 Å². The molecule has 1 aromatic heterocycles. The first-order chi connectivity index (χ1) is 8.24. The van der Waals surface area contributed by atoms with Gasteiger partial charge in [-0.25, -0.2) is 4.98 Å². The first-order valence-corrected chi connectivity index (χ1v) is 6.53. The molecule has 2 heterocycles. The summed E-state index contributed by atoms with van der Waals surface area (Å²) in [6.45, 7) is 1.80. The van der Waals surface area contributed by atoms with Gasteiger partial charge in [0.2, 0.25) is 0 Å². The van der Waals surface area contributed by atoms with Crippen molar-refractivity contribution < 1.29 is 4.79 Å². The van der Waals surface area contributed by atoms with E-state index in [0.717, 1.165) is 24.9 Å². The van der Waals surface area contributed by atoms with E-state index >= 15 is 0 Å². The van der Waals surface area contributed by atoms with Crippen molar-refractivity contribution in [3.63, 3.8) is 0 Å². The number of rotatable bonds is 1. The quantitative estimate of drug-likeness (QED) is 0.718. The van der Waals surface area contributed by atoms with Crippen LogP contribution in [0.4, 0.5) is 0 Å². The molecule has 17 heavy (non-hydrogen) atoms. The molecule has 3 nitrogen and oxygen atoms in total. The minimum Gasteiger partial charge on any atom is -0.337 e. The summed E-state index contributed by atoms with van der Waals surface area (Å²) in [7, 11) is 0. The molecule has 4 heteroatoms. The number of pyridine rings is 1. The number of aromatic nitrogens is 1. The Morgan fingerprint density at radius 3 is 2.65 bits per heavy atom. The molecule has 1 amide bonds. The maximum Gasteiger partial charge on any atom is 0.272 e. The van der Waals surface area contributed by atoms with Gasteiger partial charge in [0, 0.05) is 13.1 Å². The minimum atomic E-state index is 0.0295. The summed E-state index contributed by atoms with van der Waals surface area (Å²) >= 11 is 5.81. The van der Waals surface area contributed by atoms with Gasteiger partial charge in [0.25, 0.3) is 5.91 Å². The molecule has 1 aromatic rings. The lowest BCUT2D eigenvalue weighted by atomic mass is 10.0. The summed E-state index contributed by atoms with van der Waals surface area (Å²) in [5.74, 6) is 1.47. The fraction of sp³-hybridized carbons (Fsp3) is 0.538. The van der Waals surface area contributed by atoms with Gasteiger partial charge in [-0.15, -0.1) is 0 Å². The highest BCUT2D eigenvalue weighted by molar-refractivity contribution is 6.29. The van der Waals surface area contributed by atoms with Gasteiger partial charge in [-0.1, -0.05) is 24.1 Å². The summed E-state index contributed by atoms with van der Waals surface area (Å²) in [4.78, 5) is 18.3. The largest absolute Gasteiger partial charge is 0.337 e. The van der Waals surface area contributed by atoms with E-state index in [2.05, 4.69) is 4.98 Å². The summed E-state index contributed by atoms with van der Waals surface area (Å²) < 4.78 is 0. The Morgan fingerprint density at radius 2 is 2.00 bits per heavy atom. The van der Waals surface area contributed by atoms with E-state index in [9.17, 15) is 4.79 Å². The van der Waals surface area contributed by atoms with Crippen molar-refractivity contribution in [3.05, 3.63) is 29.0 Å². The van der Waals surface area contributed by atoms with Gasteiger partial charge in [0.15, 0.2) is 0 Å². The summed E-state index contributed by atoms with van der Waals surface area (Å²) in [5, 5.41) is 0.384. The number of nitrogens with zero attached hydrogens (tertiary/aromatic N) is 2. The van der Waals surface area contributed by atoms with E-state index < -0.39 is 0 Å². The minimum absolute atomic E-state index is 0.0295. The molecule has 0 spiro atoms. The first kappa shape index (κ1) is 11.0. The van der Waals surface area contributed by atoms with Crippen LogP contribution in [0.15, 0.2) is 18.2 Å². The molecule has 0 N–H and O–H groups in total. The highest BCUT2D eigenvalue weighted by atomic mass is 35.5. The van der Waals surface area contributed by atoms with Crippen LogP contribution in [-0.2, 0) is 0 Å². The average molecular weight is 251 g/mol. The number of halogens is 1. The number of hydrogen-bond donors (Lipinski definition) is 0. The predicted molar refractivity (Wildman–Crippen MR) is 66.0 cm³/mol. The van der Waals surface area contributed by atoms with Crippen molar-refractivity contribution in [2.24, 2.45) is 11.8 Å². The molecule has 0 aromatic carbocycles. The van der Waals surface area contributed by atoms with Crippen LogP contribution in [0.25, 0.3) is 0 Å². The van der Waals surface area contributed by atoms with Gasteiger partial charge >= 0.3 is 0 Å². The van der Waals surface area contributed by atoms with Gasteiger partial charge < -0.3 is 4.90 Å². The topological polar surface area (TPSA) is 33.2 Å². The Morgan fingerprint density at radius 1 is 1.29 bits per heavy atom. The third-order valence-electron chi connectivity index (χ3n) is 3.95. The number of likely N-dealkylation sites (tertiary alicyclic amines) is 1. The third-order valence-corrected chi connectivity index (χ3v) is 4.16. The normalized spacial score (nSPS) is 27.2. The highest BCUT2D eigenvalue weighted by Crippen LogP contribution is 2.38. The maximum atomic E-state index is 12.2. The molecule has 1 aliphatic carbocycles. The number of hydrogen-bond acceptors (Lipinski definition) is 2. The Kier molecular flexibility index (Phi) is 2.79.